The van der Waals surface area contributed by atoms with Crippen molar-refractivity contribution >= 4 is 23.2 Å². The van der Waals surface area contributed by atoms with Gasteiger partial charge in [-0.05, 0) is 54.3 Å². The lowest BCUT2D eigenvalue weighted by molar-refractivity contribution is 0.0444. The van der Waals surface area contributed by atoms with Gasteiger partial charge in [0.2, 0.25) is 0 Å². The van der Waals surface area contributed by atoms with E-state index >= 15 is 0 Å². The molecule has 1 saturated carbocycles. The van der Waals surface area contributed by atoms with Gasteiger partial charge >= 0.3 is 0 Å². The van der Waals surface area contributed by atoms with E-state index in [0.717, 1.165) is 13.0 Å². The van der Waals surface area contributed by atoms with Gasteiger partial charge in [-0.25, -0.2) is 0 Å². The Bertz CT molecular complexity index is 804. The summed E-state index contributed by atoms with van der Waals surface area (Å²) in [6.07, 6.45) is 3.51. The Morgan fingerprint density at radius 3 is 2.42 bits per heavy atom. The zero-order valence-electron chi connectivity index (χ0n) is 13.3. The van der Waals surface area contributed by atoms with E-state index in [1.54, 1.807) is 12.1 Å². The maximum atomic E-state index is 12.6. The summed E-state index contributed by atoms with van der Waals surface area (Å²) in [4.78, 5) is 30.5. The quantitative estimate of drug-likeness (QED) is 0.806. The second-order valence-corrected chi connectivity index (χ2v) is 7.87. The number of carbonyl (C=O) groups excluding carboxylic acids is 2. The van der Waals surface area contributed by atoms with Gasteiger partial charge in [-0.15, -0.1) is 11.3 Å². The largest absolute Gasteiger partial charge is 0.278 e. The number of benzene rings is 1. The zero-order chi connectivity index (χ0) is 16.3. The Morgan fingerprint density at radius 2 is 1.75 bits per heavy atom. The molecule has 0 saturated heterocycles. The Morgan fingerprint density at radius 1 is 1.04 bits per heavy atom. The van der Waals surface area contributed by atoms with Gasteiger partial charge in [0.05, 0.1) is 17.8 Å². The van der Waals surface area contributed by atoms with Crippen molar-refractivity contribution in [3.05, 3.63) is 57.3 Å². The molecule has 1 aliphatic carbocycles. The third-order valence-electron chi connectivity index (χ3n) is 5.39. The van der Waals surface area contributed by atoms with Gasteiger partial charge in [0.1, 0.15) is 0 Å². The van der Waals surface area contributed by atoms with Crippen LogP contribution in [0.3, 0.4) is 0 Å². The van der Waals surface area contributed by atoms with Crippen LogP contribution in [0.2, 0.25) is 0 Å². The predicted molar refractivity (Wildman–Crippen MR) is 92.0 cm³/mol. The average molecular weight is 338 g/mol. The minimum atomic E-state index is -0.152. The fourth-order valence-electron chi connectivity index (χ4n) is 4.07. The number of hydrogen-bond acceptors (Lipinski definition) is 4. The Kier molecular flexibility index (Phi) is 3.15. The molecule has 3 heterocycles. The summed E-state index contributed by atoms with van der Waals surface area (Å²) in [7, 11) is 0. The minimum Gasteiger partial charge on any atom is -0.278 e. The van der Waals surface area contributed by atoms with E-state index in [1.807, 2.05) is 23.5 Å². The number of amides is 2. The summed E-state index contributed by atoms with van der Waals surface area (Å²) in [5, 5.41) is 2.17. The van der Waals surface area contributed by atoms with Crippen LogP contribution in [0, 0.1) is 5.92 Å². The summed E-state index contributed by atoms with van der Waals surface area (Å²) in [5.41, 5.74) is 2.50. The molecular formula is C19H18N2O2S. The Hall–Kier alpha value is -1.98. The number of thiophene rings is 1. The normalized spacial score (nSPS) is 23.5. The topological polar surface area (TPSA) is 40.6 Å². The molecule has 1 atom stereocenters. The van der Waals surface area contributed by atoms with Crippen molar-refractivity contribution in [2.45, 2.75) is 25.3 Å². The molecule has 1 aromatic heterocycles. The van der Waals surface area contributed by atoms with E-state index in [2.05, 4.69) is 16.3 Å². The smallest absolute Gasteiger partial charge is 0.262 e. The van der Waals surface area contributed by atoms with Crippen molar-refractivity contribution in [2.75, 3.05) is 13.2 Å². The molecule has 2 aromatic rings. The average Bonchev–Trinajstić information content (AvgIpc) is 3.28. The van der Waals surface area contributed by atoms with Crippen LogP contribution in [0.5, 0.6) is 0 Å². The summed E-state index contributed by atoms with van der Waals surface area (Å²) in [6, 6.07) is 9.74. The van der Waals surface area contributed by atoms with Crippen LogP contribution in [0.25, 0.3) is 0 Å². The van der Waals surface area contributed by atoms with E-state index in [9.17, 15) is 9.59 Å². The summed E-state index contributed by atoms with van der Waals surface area (Å²) >= 11 is 1.84. The SMILES string of the molecule is O=C1c2ccccc2C(=O)N1CN1CCc2sccc2[C@@H]1C1CC1. The van der Waals surface area contributed by atoms with Crippen LogP contribution in [0.15, 0.2) is 35.7 Å². The van der Waals surface area contributed by atoms with E-state index in [-0.39, 0.29) is 11.8 Å². The van der Waals surface area contributed by atoms with Gasteiger partial charge in [-0.3, -0.25) is 19.4 Å². The van der Waals surface area contributed by atoms with Gasteiger partial charge in [0.15, 0.2) is 0 Å². The van der Waals surface area contributed by atoms with Crippen LogP contribution < -0.4 is 0 Å². The molecule has 0 unspecified atom stereocenters. The molecule has 122 valence electrons. The number of imide groups is 1. The third kappa shape index (κ3) is 2.08. The van der Waals surface area contributed by atoms with Gasteiger partial charge in [-0.2, -0.15) is 0 Å². The standard InChI is InChI=1S/C19H18N2O2S/c22-18-13-3-1-2-4-14(13)19(23)21(18)11-20-9-7-16-15(8-10-24-16)17(20)12-5-6-12/h1-4,8,10,12,17H,5-7,9,11H2/t17-/m0/s1. The second-order valence-electron chi connectivity index (χ2n) is 6.87. The highest BCUT2D eigenvalue weighted by atomic mass is 32.1. The maximum absolute atomic E-state index is 12.6. The highest BCUT2D eigenvalue weighted by Gasteiger charge is 2.43. The summed E-state index contributed by atoms with van der Waals surface area (Å²) in [6.45, 7) is 1.32. The number of hydrogen-bond donors (Lipinski definition) is 0. The molecule has 5 rings (SSSR count). The zero-order valence-corrected chi connectivity index (χ0v) is 14.1. The van der Waals surface area contributed by atoms with E-state index in [4.69, 9.17) is 0 Å². The molecule has 3 aliphatic rings. The van der Waals surface area contributed by atoms with Crippen LogP contribution in [-0.2, 0) is 6.42 Å². The first-order chi connectivity index (χ1) is 11.7. The highest BCUT2D eigenvalue weighted by Crippen LogP contribution is 2.48. The van der Waals surface area contributed by atoms with Crippen molar-refractivity contribution in [1.82, 2.24) is 9.80 Å². The molecule has 1 fully saturated rings. The Labute approximate surface area is 144 Å². The van der Waals surface area contributed by atoms with Crippen molar-refractivity contribution in [1.29, 1.82) is 0 Å². The van der Waals surface area contributed by atoms with Crippen molar-refractivity contribution in [2.24, 2.45) is 5.92 Å². The van der Waals surface area contributed by atoms with Crippen molar-refractivity contribution in [3.63, 3.8) is 0 Å². The second kappa shape index (κ2) is 5.26. The van der Waals surface area contributed by atoms with Crippen LogP contribution in [0.4, 0.5) is 0 Å². The lowest BCUT2D eigenvalue weighted by Gasteiger charge is -2.37. The van der Waals surface area contributed by atoms with E-state index in [1.165, 1.54) is 28.2 Å². The predicted octanol–water partition coefficient (Wildman–Crippen LogP) is 3.31. The summed E-state index contributed by atoms with van der Waals surface area (Å²) < 4.78 is 0. The van der Waals surface area contributed by atoms with Crippen LogP contribution in [-0.4, -0.2) is 34.8 Å². The molecule has 2 aliphatic heterocycles. The van der Waals surface area contributed by atoms with Gasteiger partial charge in [0, 0.05) is 17.5 Å². The number of carbonyl (C=O) groups is 2. The first-order valence-corrected chi connectivity index (χ1v) is 9.37. The minimum absolute atomic E-state index is 0.152. The van der Waals surface area contributed by atoms with Gasteiger partial charge in [0.25, 0.3) is 11.8 Å². The first-order valence-electron chi connectivity index (χ1n) is 8.49. The number of nitrogens with zero attached hydrogens (tertiary/aromatic N) is 2. The van der Waals surface area contributed by atoms with Gasteiger partial charge < -0.3 is 0 Å². The fourth-order valence-corrected chi connectivity index (χ4v) is 4.98. The van der Waals surface area contributed by atoms with Crippen LogP contribution >= 0.6 is 11.3 Å². The monoisotopic (exact) mass is 338 g/mol. The molecule has 0 bridgehead atoms. The fraction of sp³-hybridized carbons (Fsp3) is 0.368. The van der Waals surface area contributed by atoms with Gasteiger partial charge in [-0.1, -0.05) is 12.1 Å². The van der Waals surface area contributed by atoms with E-state index in [0.29, 0.717) is 29.8 Å². The molecule has 5 heteroatoms. The van der Waals surface area contributed by atoms with Crippen molar-refractivity contribution in [3.8, 4) is 0 Å². The van der Waals surface area contributed by atoms with E-state index < -0.39 is 0 Å². The van der Waals surface area contributed by atoms with Crippen LogP contribution in [0.1, 0.15) is 50.0 Å². The highest BCUT2D eigenvalue weighted by molar-refractivity contribution is 7.10. The molecular weight excluding hydrogens is 320 g/mol. The first kappa shape index (κ1) is 14.4. The lowest BCUT2D eigenvalue weighted by atomic mass is 9.96. The molecule has 0 radical (unpaired) electrons. The molecule has 0 N–H and O–H groups in total. The Balaban J connectivity index is 1.44. The molecule has 0 spiro atoms. The summed E-state index contributed by atoms with van der Waals surface area (Å²) in [5.74, 6) is 0.372. The molecule has 4 nitrogen and oxygen atoms in total. The molecule has 1 aromatic carbocycles. The third-order valence-corrected chi connectivity index (χ3v) is 6.38. The lowest BCUT2D eigenvalue weighted by Crippen LogP contribution is -2.45. The number of rotatable bonds is 3. The maximum Gasteiger partial charge on any atom is 0.262 e. The van der Waals surface area contributed by atoms with Crippen molar-refractivity contribution < 1.29 is 9.59 Å². The number of fused-ring (bicyclic) bond motifs is 2. The molecule has 2 amide bonds. The molecule has 24 heavy (non-hydrogen) atoms.